The Hall–Kier alpha value is -0.330. The highest BCUT2D eigenvalue weighted by atomic mass is 16.1. The van der Waals surface area contributed by atoms with Crippen molar-refractivity contribution in [2.45, 2.75) is 59.3 Å². The summed E-state index contributed by atoms with van der Waals surface area (Å²) < 4.78 is 0. The molecule has 0 spiro atoms. The van der Waals surface area contributed by atoms with E-state index in [0.717, 1.165) is 24.7 Å². The molecule has 1 heteroatoms. The lowest BCUT2D eigenvalue weighted by molar-refractivity contribution is -0.135. The Bertz CT molecular complexity index is 330. The van der Waals surface area contributed by atoms with Crippen molar-refractivity contribution in [2.75, 3.05) is 0 Å². The predicted octanol–water partition coefficient (Wildman–Crippen LogP) is 3.82. The van der Waals surface area contributed by atoms with Gasteiger partial charge in [-0.25, -0.2) is 0 Å². The number of fused-ring (bicyclic) bond motifs is 4. The first-order valence-corrected chi connectivity index (χ1v) is 6.94. The summed E-state index contributed by atoms with van der Waals surface area (Å²) in [6.07, 6.45) is 7.25. The molecule has 3 aliphatic rings. The molecule has 3 saturated carbocycles. The molecule has 0 heterocycles. The molecule has 0 aromatic heterocycles. The van der Waals surface area contributed by atoms with Crippen molar-refractivity contribution < 1.29 is 4.79 Å². The maximum atomic E-state index is 12.1. The number of rotatable bonds is 0. The van der Waals surface area contributed by atoms with E-state index in [0.29, 0.717) is 22.5 Å². The monoisotopic (exact) mass is 220 g/mol. The zero-order valence-corrected chi connectivity index (χ0v) is 10.9. The van der Waals surface area contributed by atoms with Crippen molar-refractivity contribution in [1.82, 2.24) is 0 Å². The Morgan fingerprint density at radius 1 is 1.12 bits per heavy atom. The van der Waals surface area contributed by atoms with Crippen LogP contribution in [0, 0.1) is 28.6 Å². The minimum atomic E-state index is 0.430. The van der Waals surface area contributed by atoms with Gasteiger partial charge in [0.15, 0.2) is 0 Å². The molecule has 2 bridgehead atoms. The van der Waals surface area contributed by atoms with Crippen LogP contribution in [-0.2, 0) is 4.79 Å². The van der Waals surface area contributed by atoms with Gasteiger partial charge in [0.1, 0.15) is 5.78 Å². The summed E-state index contributed by atoms with van der Waals surface area (Å²) in [5.41, 5.74) is 1.00. The second kappa shape index (κ2) is 3.11. The highest BCUT2D eigenvalue weighted by Gasteiger charge is 2.56. The zero-order chi connectivity index (χ0) is 11.6. The standard InChI is InChI=1S/C15H24O/c1-14(2)8-10-11-9-15(3,6-4-12(10)14)7-5-13(11)16/h10-12H,4-9H2,1-3H3/t10-,11?,12-,15?/m1/s1. The van der Waals surface area contributed by atoms with Gasteiger partial charge in [-0.15, -0.1) is 0 Å². The molecule has 0 aromatic carbocycles. The van der Waals surface area contributed by atoms with Crippen LogP contribution < -0.4 is 0 Å². The van der Waals surface area contributed by atoms with Crippen LogP contribution in [-0.4, -0.2) is 5.78 Å². The topological polar surface area (TPSA) is 17.1 Å². The van der Waals surface area contributed by atoms with Crippen molar-refractivity contribution in [3.8, 4) is 0 Å². The fourth-order valence-corrected chi connectivity index (χ4v) is 4.83. The zero-order valence-electron chi connectivity index (χ0n) is 10.9. The summed E-state index contributed by atoms with van der Waals surface area (Å²) in [6.45, 7) is 7.22. The summed E-state index contributed by atoms with van der Waals surface area (Å²) >= 11 is 0. The second-order valence-corrected chi connectivity index (χ2v) is 7.59. The average molecular weight is 220 g/mol. The molecule has 0 radical (unpaired) electrons. The molecular formula is C15H24O. The van der Waals surface area contributed by atoms with E-state index >= 15 is 0 Å². The van der Waals surface area contributed by atoms with Crippen LogP contribution in [0.15, 0.2) is 0 Å². The van der Waals surface area contributed by atoms with Gasteiger partial charge in [0, 0.05) is 12.3 Å². The summed E-state index contributed by atoms with van der Waals surface area (Å²) in [7, 11) is 0. The van der Waals surface area contributed by atoms with Crippen LogP contribution in [0.2, 0.25) is 0 Å². The van der Waals surface area contributed by atoms with Crippen molar-refractivity contribution in [1.29, 1.82) is 0 Å². The Morgan fingerprint density at radius 2 is 1.88 bits per heavy atom. The van der Waals surface area contributed by atoms with Gasteiger partial charge in [-0.3, -0.25) is 4.79 Å². The van der Waals surface area contributed by atoms with Gasteiger partial charge in [-0.2, -0.15) is 0 Å². The van der Waals surface area contributed by atoms with Gasteiger partial charge in [-0.05, 0) is 54.8 Å². The van der Waals surface area contributed by atoms with Crippen molar-refractivity contribution in [3.05, 3.63) is 0 Å². The average Bonchev–Trinajstić information content (AvgIpc) is 2.28. The number of hydrogen-bond acceptors (Lipinski definition) is 1. The van der Waals surface area contributed by atoms with E-state index in [9.17, 15) is 4.79 Å². The Balaban J connectivity index is 1.90. The van der Waals surface area contributed by atoms with Gasteiger partial charge < -0.3 is 0 Å². The quantitative estimate of drug-likeness (QED) is 0.606. The molecule has 3 fully saturated rings. The summed E-state index contributed by atoms with van der Waals surface area (Å²) in [5, 5.41) is 0. The molecule has 1 nitrogen and oxygen atoms in total. The molecule has 0 amide bonds. The third-order valence-corrected chi connectivity index (χ3v) is 5.96. The molecule has 90 valence electrons. The van der Waals surface area contributed by atoms with E-state index in [4.69, 9.17) is 0 Å². The normalized spacial score (nSPS) is 50.2. The third-order valence-electron chi connectivity index (χ3n) is 5.96. The molecule has 3 aliphatic carbocycles. The highest BCUT2D eigenvalue weighted by molar-refractivity contribution is 5.82. The SMILES string of the molecule is CC12CCC(=O)C(C1)[C@H]1CC(C)(C)[C@@H]1CC2. The van der Waals surface area contributed by atoms with Crippen LogP contribution in [0.4, 0.5) is 0 Å². The molecule has 0 saturated heterocycles. The molecule has 2 unspecified atom stereocenters. The number of carbonyl (C=O) groups excluding carboxylic acids is 1. The Kier molecular flexibility index (Phi) is 2.10. The van der Waals surface area contributed by atoms with Crippen LogP contribution in [0.5, 0.6) is 0 Å². The highest BCUT2D eigenvalue weighted by Crippen LogP contribution is 2.62. The Labute approximate surface area is 99.0 Å². The van der Waals surface area contributed by atoms with Crippen molar-refractivity contribution in [3.63, 3.8) is 0 Å². The van der Waals surface area contributed by atoms with Crippen molar-refractivity contribution >= 4 is 5.78 Å². The van der Waals surface area contributed by atoms with Crippen molar-refractivity contribution in [2.24, 2.45) is 28.6 Å². The van der Waals surface area contributed by atoms with Crippen LogP contribution in [0.1, 0.15) is 59.3 Å². The molecule has 0 N–H and O–H groups in total. The van der Waals surface area contributed by atoms with E-state index in [1.165, 1.54) is 25.7 Å². The molecule has 0 aliphatic heterocycles. The van der Waals surface area contributed by atoms with Gasteiger partial charge >= 0.3 is 0 Å². The lowest BCUT2D eigenvalue weighted by Gasteiger charge is -2.54. The number of ketones is 1. The maximum Gasteiger partial charge on any atom is 0.136 e. The largest absolute Gasteiger partial charge is 0.299 e. The summed E-state index contributed by atoms with van der Waals surface area (Å²) in [5.74, 6) is 2.59. The summed E-state index contributed by atoms with van der Waals surface area (Å²) in [4.78, 5) is 12.1. The smallest absolute Gasteiger partial charge is 0.136 e. The fraction of sp³-hybridized carbons (Fsp3) is 0.933. The molecule has 16 heavy (non-hydrogen) atoms. The minimum Gasteiger partial charge on any atom is -0.299 e. The lowest BCUT2D eigenvalue weighted by Crippen LogP contribution is -2.48. The van der Waals surface area contributed by atoms with Crippen LogP contribution >= 0.6 is 0 Å². The van der Waals surface area contributed by atoms with Gasteiger partial charge in [0.05, 0.1) is 0 Å². The first-order chi connectivity index (χ1) is 7.41. The van der Waals surface area contributed by atoms with E-state index < -0.39 is 0 Å². The molecule has 0 aromatic rings. The minimum absolute atomic E-state index is 0.430. The van der Waals surface area contributed by atoms with Gasteiger partial charge in [-0.1, -0.05) is 20.8 Å². The molecular weight excluding hydrogens is 196 g/mol. The number of Topliss-reactive ketones (excluding diaryl/α,β-unsaturated/α-hetero) is 1. The lowest BCUT2D eigenvalue weighted by atomic mass is 9.50. The summed E-state index contributed by atoms with van der Waals surface area (Å²) in [6, 6.07) is 0. The third kappa shape index (κ3) is 1.39. The van der Waals surface area contributed by atoms with Crippen LogP contribution in [0.3, 0.4) is 0 Å². The van der Waals surface area contributed by atoms with E-state index in [2.05, 4.69) is 20.8 Å². The molecule has 3 rings (SSSR count). The first-order valence-electron chi connectivity index (χ1n) is 6.94. The first kappa shape index (κ1) is 10.8. The predicted molar refractivity (Wildman–Crippen MR) is 65.1 cm³/mol. The molecule has 4 atom stereocenters. The number of hydrogen-bond donors (Lipinski definition) is 0. The van der Waals surface area contributed by atoms with E-state index in [1.807, 2.05) is 0 Å². The van der Waals surface area contributed by atoms with Gasteiger partial charge in [0.25, 0.3) is 0 Å². The second-order valence-electron chi connectivity index (χ2n) is 7.59. The maximum absolute atomic E-state index is 12.1. The van der Waals surface area contributed by atoms with Gasteiger partial charge in [0.2, 0.25) is 0 Å². The van der Waals surface area contributed by atoms with Crippen LogP contribution in [0.25, 0.3) is 0 Å². The van der Waals surface area contributed by atoms with E-state index in [1.54, 1.807) is 0 Å². The fourth-order valence-electron chi connectivity index (χ4n) is 4.83. The number of carbonyl (C=O) groups is 1. The van der Waals surface area contributed by atoms with E-state index in [-0.39, 0.29) is 0 Å². The Morgan fingerprint density at radius 3 is 2.56 bits per heavy atom.